The van der Waals surface area contributed by atoms with E-state index in [1.807, 2.05) is 0 Å². The summed E-state index contributed by atoms with van der Waals surface area (Å²) in [6.45, 7) is 0. The topological polar surface area (TPSA) is 70.8 Å². The zero-order chi connectivity index (χ0) is 28.8. The molecular weight excluding hydrogens is 566 g/mol. The van der Waals surface area contributed by atoms with Gasteiger partial charge in [-0.2, -0.15) is 65.9 Å². The fourth-order valence-electron chi connectivity index (χ4n) is 1.83. The highest BCUT2D eigenvalue weighted by Gasteiger charge is 2.84. The molecule has 2 unspecified atom stereocenters. The van der Waals surface area contributed by atoms with Gasteiger partial charge < -0.3 is 4.74 Å². The predicted octanol–water partition coefficient (Wildman–Crippen LogP) is 6.51. The monoisotopic (exact) mass is 571 g/mol. The van der Waals surface area contributed by atoms with E-state index < -0.39 is 65.2 Å². The third-order valence-corrected chi connectivity index (χ3v) is 3.53. The number of hydrogen-bond donors (Lipinski definition) is 0. The normalized spacial score (nSPS) is 16.9. The molecule has 22 heteroatoms. The first-order valence-corrected chi connectivity index (χ1v) is 8.01. The zero-order valence-corrected chi connectivity index (χ0v) is 15.9. The Hall–Kier alpha value is -2.78. The van der Waals surface area contributed by atoms with Crippen LogP contribution in [0, 0.1) is 10.1 Å². The summed E-state index contributed by atoms with van der Waals surface area (Å²) in [5.41, 5.74) is -1.06. The maximum absolute atomic E-state index is 13.9. The number of rotatable bonds is 10. The molecular formula is C14H5F16NO5. The standard InChI is InChI=1S/C14H5F16NO5/c15-7(8(16,17)34-6-3-1-2-5(4-6)31(32)33)35-14(29,30)10(20,12(24,25)26)36-13(27,28)9(18,19)11(21,22)23/h1-4,7H. The van der Waals surface area contributed by atoms with Gasteiger partial charge in [-0.25, -0.2) is 4.39 Å². The first-order chi connectivity index (χ1) is 15.7. The van der Waals surface area contributed by atoms with Crippen LogP contribution in [-0.2, 0) is 9.47 Å². The molecule has 0 aromatic heterocycles. The average molecular weight is 571 g/mol. The summed E-state index contributed by atoms with van der Waals surface area (Å²) in [6, 6.07) is 1.59. The lowest BCUT2D eigenvalue weighted by atomic mass is 10.2. The van der Waals surface area contributed by atoms with Crippen molar-refractivity contribution in [3.05, 3.63) is 34.4 Å². The maximum atomic E-state index is 13.9. The minimum absolute atomic E-state index is 0.0663. The molecule has 0 aliphatic carbocycles. The summed E-state index contributed by atoms with van der Waals surface area (Å²) in [7, 11) is 0. The van der Waals surface area contributed by atoms with Crippen LogP contribution in [0.5, 0.6) is 5.75 Å². The molecule has 1 aromatic carbocycles. The summed E-state index contributed by atoms with van der Waals surface area (Å²) in [5.74, 6) is -17.1. The van der Waals surface area contributed by atoms with E-state index in [-0.39, 0.29) is 6.07 Å². The van der Waals surface area contributed by atoms with Crippen molar-refractivity contribution < 1.29 is 89.4 Å². The fourth-order valence-corrected chi connectivity index (χ4v) is 1.83. The van der Waals surface area contributed by atoms with Crippen LogP contribution < -0.4 is 4.74 Å². The lowest BCUT2D eigenvalue weighted by molar-refractivity contribution is -0.543. The van der Waals surface area contributed by atoms with Crippen molar-refractivity contribution in [3.63, 3.8) is 0 Å². The van der Waals surface area contributed by atoms with Crippen molar-refractivity contribution >= 4 is 5.69 Å². The zero-order valence-electron chi connectivity index (χ0n) is 15.9. The van der Waals surface area contributed by atoms with Gasteiger partial charge in [-0.15, -0.1) is 0 Å². The number of halogens is 16. The smallest absolute Gasteiger partial charge is 0.428 e. The Morgan fingerprint density at radius 1 is 0.778 bits per heavy atom. The van der Waals surface area contributed by atoms with Gasteiger partial charge in [0.2, 0.25) is 0 Å². The van der Waals surface area contributed by atoms with Gasteiger partial charge in [-0.3, -0.25) is 19.6 Å². The molecule has 0 spiro atoms. The van der Waals surface area contributed by atoms with Crippen molar-refractivity contribution in [3.8, 4) is 5.75 Å². The van der Waals surface area contributed by atoms with Gasteiger partial charge in [0.25, 0.3) is 5.69 Å². The first-order valence-electron chi connectivity index (χ1n) is 8.01. The highest BCUT2D eigenvalue weighted by molar-refractivity contribution is 5.38. The van der Waals surface area contributed by atoms with Crippen molar-refractivity contribution in [2.75, 3.05) is 0 Å². The van der Waals surface area contributed by atoms with Gasteiger partial charge in [0, 0.05) is 6.07 Å². The molecule has 0 saturated heterocycles. The van der Waals surface area contributed by atoms with Crippen molar-refractivity contribution in [2.45, 2.75) is 48.8 Å². The van der Waals surface area contributed by atoms with Crippen LogP contribution in [0.4, 0.5) is 75.9 Å². The van der Waals surface area contributed by atoms with Crippen LogP contribution in [0.1, 0.15) is 0 Å². The van der Waals surface area contributed by atoms with Crippen LogP contribution in [0.3, 0.4) is 0 Å². The van der Waals surface area contributed by atoms with Crippen LogP contribution >= 0.6 is 0 Å². The average Bonchev–Trinajstić information content (AvgIpc) is 2.65. The number of benzene rings is 1. The third kappa shape index (κ3) is 5.95. The Labute approximate surface area is 185 Å². The molecule has 2 atom stereocenters. The molecule has 0 bridgehead atoms. The van der Waals surface area contributed by atoms with Gasteiger partial charge in [-0.05, 0) is 6.07 Å². The van der Waals surface area contributed by atoms with Crippen LogP contribution in [0.15, 0.2) is 24.3 Å². The van der Waals surface area contributed by atoms with E-state index >= 15 is 0 Å². The largest absolute Gasteiger partial charge is 0.462 e. The van der Waals surface area contributed by atoms with E-state index in [1.165, 1.54) is 4.74 Å². The maximum Gasteiger partial charge on any atom is 0.462 e. The lowest BCUT2D eigenvalue weighted by Gasteiger charge is -2.38. The molecule has 0 radical (unpaired) electrons. The lowest BCUT2D eigenvalue weighted by Crippen LogP contribution is -2.66. The minimum atomic E-state index is -7.82. The molecule has 1 aromatic rings. The molecule has 0 saturated carbocycles. The molecule has 0 N–H and O–H groups in total. The Kier molecular flexibility index (Phi) is 8.04. The molecule has 6 nitrogen and oxygen atoms in total. The second-order valence-electron chi connectivity index (χ2n) is 6.15. The van der Waals surface area contributed by atoms with Crippen molar-refractivity contribution in [1.82, 2.24) is 0 Å². The minimum Gasteiger partial charge on any atom is -0.428 e. The van der Waals surface area contributed by atoms with Crippen LogP contribution in [-0.4, -0.2) is 53.7 Å². The number of ether oxygens (including phenoxy) is 3. The number of hydrogen-bond acceptors (Lipinski definition) is 5. The Morgan fingerprint density at radius 3 is 1.69 bits per heavy atom. The highest BCUT2D eigenvalue weighted by Crippen LogP contribution is 2.55. The molecule has 0 aliphatic heterocycles. The van der Waals surface area contributed by atoms with E-state index in [1.54, 1.807) is 0 Å². The molecule has 0 heterocycles. The van der Waals surface area contributed by atoms with Gasteiger partial charge in [-0.1, -0.05) is 6.07 Å². The summed E-state index contributed by atoms with van der Waals surface area (Å²) >= 11 is 0. The Bertz CT molecular complexity index is 948. The summed E-state index contributed by atoms with van der Waals surface area (Å²) in [5, 5.41) is 10.5. The summed E-state index contributed by atoms with van der Waals surface area (Å²) in [4.78, 5) is 9.24. The van der Waals surface area contributed by atoms with E-state index in [9.17, 15) is 80.4 Å². The second-order valence-corrected chi connectivity index (χ2v) is 6.15. The van der Waals surface area contributed by atoms with E-state index in [0.29, 0.717) is 18.2 Å². The first kappa shape index (κ1) is 31.3. The van der Waals surface area contributed by atoms with E-state index in [0.717, 1.165) is 0 Å². The number of alkyl halides is 16. The second kappa shape index (κ2) is 9.27. The van der Waals surface area contributed by atoms with Crippen molar-refractivity contribution in [1.29, 1.82) is 0 Å². The molecule has 0 amide bonds. The highest BCUT2D eigenvalue weighted by atomic mass is 19.4. The molecule has 0 fully saturated rings. The van der Waals surface area contributed by atoms with Gasteiger partial charge in [0.1, 0.15) is 5.75 Å². The van der Waals surface area contributed by atoms with Gasteiger partial charge in [0.15, 0.2) is 0 Å². The quantitative estimate of drug-likeness (QED) is 0.182. The van der Waals surface area contributed by atoms with Gasteiger partial charge >= 0.3 is 48.8 Å². The number of nitro groups is 1. The summed E-state index contributed by atoms with van der Waals surface area (Å²) < 4.78 is 215. The number of nitrogens with zero attached hydrogens (tertiary/aromatic N) is 1. The molecule has 36 heavy (non-hydrogen) atoms. The summed E-state index contributed by atoms with van der Waals surface area (Å²) in [6.07, 6.45) is -41.9. The molecule has 1 rings (SSSR count). The predicted molar refractivity (Wildman–Crippen MR) is 76.5 cm³/mol. The Morgan fingerprint density at radius 2 is 1.28 bits per heavy atom. The molecule has 208 valence electrons. The SMILES string of the molecule is O=[N+]([O-])c1cccc(OC(F)(F)C(F)OC(F)(F)C(F)(OC(F)(F)C(F)(F)C(F)(F)F)C(F)(F)F)c1. The molecule has 0 aliphatic rings. The van der Waals surface area contributed by atoms with Crippen LogP contribution in [0.2, 0.25) is 0 Å². The van der Waals surface area contributed by atoms with Gasteiger partial charge in [0.05, 0.1) is 11.0 Å². The number of nitro benzene ring substituents is 1. The van der Waals surface area contributed by atoms with Crippen molar-refractivity contribution in [2.24, 2.45) is 0 Å². The Balaban J connectivity index is 3.35. The van der Waals surface area contributed by atoms with E-state index in [2.05, 4.69) is 9.47 Å². The van der Waals surface area contributed by atoms with E-state index in [4.69, 9.17) is 0 Å². The fraction of sp³-hybridized carbons (Fsp3) is 0.571. The third-order valence-electron chi connectivity index (χ3n) is 3.53. The number of non-ortho nitro benzene ring substituents is 1. The van der Waals surface area contributed by atoms with Crippen LogP contribution in [0.25, 0.3) is 0 Å².